The van der Waals surface area contributed by atoms with Gasteiger partial charge in [-0.2, -0.15) is 0 Å². The van der Waals surface area contributed by atoms with Crippen LogP contribution in [-0.4, -0.2) is 22.6 Å². The summed E-state index contributed by atoms with van der Waals surface area (Å²) >= 11 is 0. The van der Waals surface area contributed by atoms with Crippen molar-refractivity contribution in [2.45, 2.75) is 12.3 Å². The average Bonchev–Trinajstić information content (AvgIpc) is 2.86. The van der Waals surface area contributed by atoms with Crippen LogP contribution in [0.1, 0.15) is 17.9 Å². The highest BCUT2D eigenvalue weighted by Gasteiger charge is 2.21. The van der Waals surface area contributed by atoms with E-state index in [0.717, 1.165) is 30.5 Å². The van der Waals surface area contributed by atoms with Gasteiger partial charge < -0.3 is 9.88 Å². The third-order valence-corrected chi connectivity index (χ3v) is 3.31. The van der Waals surface area contributed by atoms with Crippen LogP contribution in [0.2, 0.25) is 0 Å². The van der Waals surface area contributed by atoms with Gasteiger partial charge in [0.25, 0.3) is 0 Å². The number of nitrogens with zero attached hydrogens (tertiary/aromatic N) is 2. The van der Waals surface area contributed by atoms with E-state index in [1.54, 1.807) is 6.07 Å². The number of pyridine rings is 1. The normalized spacial score (nSPS) is 20.8. The first-order valence-electron chi connectivity index (χ1n) is 5.57. The van der Waals surface area contributed by atoms with E-state index < -0.39 is 0 Å². The predicted molar refractivity (Wildman–Crippen MR) is 60.9 cm³/mol. The Bertz CT molecular complexity index is 526. The molecule has 1 fully saturated rings. The van der Waals surface area contributed by atoms with Crippen molar-refractivity contribution in [3.63, 3.8) is 0 Å². The number of aromatic nitrogens is 2. The fourth-order valence-corrected chi connectivity index (χ4v) is 2.51. The van der Waals surface area contributed by atoms with Gasteiger partial charge in [0.2, 0.25) is 0 Å². The van der Waals surface area contributed by atoms with E-state index in [4.69, 9.17) is 0 Å². The summed E-state index contributed by atoms with van der Waals surface area (Å²) in [5.74, 6) is 0.234. The van der Waals surface area contributed by atoms with E-state index in [-0.39, 0.29) is 5.82 Å². The molecule has 1 aliphatic heterocycles. The number of halogens is 1. The molecule has 1 unspecified atom stereocenters. The number of nitrogens with one attached hydrogen (secondary N) is 1. The highest BCUT2D eigenvalue weighted by Crippen LogP contribution is 2.30. The molecule has 4 heteroatoms. The Morgan fingerprint density at radius 2 is 2.44 bits per heavy atom. The molecule has 1 atom stereocenters. The first-order valence-corrected chi connectivity index (χ1v) is 5.57. The SMILES string of the molecule is Cn1cc(C2CCNC2)c2cc(F)cnc21. The van der Waals surface area contributed by atoms with Gasteiger partial charge in [-0.15, -0.1) is 0 Å². The number of aryl methyl sites for hydroxylation is 1. The van der Waals surface area contributed by atoms with Crippen LogP contribution in [0.15, 0.2) is 18.5 Å². The molecule has 0 bridgehead atoms. The lowest BCUT2D eigenvalue weighted by Gasteiger charge is -2.05. The predicted octanol–water partition coefficient (Wildman–Crippen LogP) is 1.79. The van der Waals surface area contributed by atoms with Crippen LogP contribution in [0.3, 0.4) is 0 Å². The molecular formula is C12H14FN3. The molecule has 3 heterocycles. The van der Waals surface area contributed by atoms with E-state index in [1.165, 1.54) is 11.8 Å². The molecule has 1 aliphatic rings. The second kappa shape index (κ2) is 3.56. The molecule has 3 rings (SSSR count). The highest BCUT2D eigenvalue weighted by atomic mass is 19.1. The molecule has 2 aromatic rings. The third kappa shape index (κ3) is 1.41. The lowest BCUT2D eigenvalue weighted by Crippen LogP contribution is -2.07. The second-order valence-corrected chi connectivity index (χ2v) is 4.41. The van der Waals surface area contributed by atoms with Gasteiger partial charge >= 0.3 is 0 Å². The van der Waals surface area contributed by atoms with E-state index in [1.807, 2.05) is 11.6 Å². The van der Waals surface area contributed by atoms with Gasteiger partial charge in [-0.05, 0) is 30.5 Å². The quantitative estimate of drug-likeness (QED) is 0.792. The number of hydrogen-bond acceptors (Lipinski definition) is 2. The van der Waals surface area contributed by atoms with Gasteiger partial charge in [0, 0.05) is 25.2 Å². The Balaban J connectivity index is 2.19. The molecule has 0 saturated carbocycles. The molecular weight excluding hydrogens is 205 g/mol. The van der Waals surface area contributed by atoms with Crippen molar-refractivity contribution in [1.82, 2.24) is 14.9 Å². The maximum absolute atomic E-state index is 13.2. The van der Waals surface area contributed by atoms with Crippen molar-refractivity contribution in [3.05, 3.63) is 29.8 Å². The minimum atomic E-state index is -0.258. The van der Waals surface area contributed by atoms with Gasteiger partial charge in [0.05, 0.1) is 6.20 Å². The van der Waals surface area contributed by atoms with E-state index in [2.05, 4.69) is 16.5 Å². The summed E-state index contributed by atoms with van der Waals surface area (Å²) in [4.78, 5) is 4.14. The summed E-state index contributed by atoms with van der Waals surface area (Å²) in [5, 5.41) is 4.29. The van der Waals surface area contributed by atoms with Crippen LogP contribution in [0.25, 0.3) is 11.0 Å². The molecule has 16 heavy (non-hydrogen) atoms. The Morgan fingerprint density at radius 1 is 1.56 bits per heavy atom. The Kier molecular flexibility index (Phi) is 2.17. The number of rotatable bonds is 1. The van der Waals surface area contributed by atoms with Crippen molar-refractivity contribution in [2.75, 3.05) is 13.1 Å². The first-order chi connectivity index (χ1) is 7.75. The fourth-order valence-electron chi connectivity index (χ4n) is 2.51. The summed E-state index contributed by atoms with van der Waals surface area (Å²) in [5.41, 5.74) is 2.08. The van der Waals surface area contributed by atoms with Crippen molar-refractivity contribution in [3.8, 4) is 0 Å². The van der Waals surface area contributed by atoms with Crippen LogP contribution in [-0.2, 0) is 7.05 Å². The third-order valence-electron chi connectivity index (χ3n) is 3.31. The molecule has 3 nitrogen and oxygen atoms in total. The molecule has 0 radical (unpaired) electrons. The van der Waals surface area contributed by atoms with Gasteiger partial charge in [-0.1, -0.05) is 0 Å². The molecule has 1 N–H and O–H groups in total. The molecule has 1 saturated heterocycles. The summed E-state index contributed by atoms with van der Waals surface area (Å²) < 4.78 is 15.2. The molecule has 0 spiro atoms. The zero-order chi connectivity index (χ0) is 11.1. The average molecular weight is 219 g/mol. The van der Waals surface area contributed by atoms with Gasteiger partial charge in [0.15, 0.2) is 0 Å². The minimum absolute atomic E-state index is 0.258. The number of hydrogen-bond donors (Lipinski definition) is 1. The van der Waals surface area contributed by atoms with Crippen molar-refractivity contribution < 1.29 is 4.39 Å². The summed E-state index contributed by atoms with van der Waals surface area (Å²) in [6, 6.07) is 1.59. The van der Waals surface area contributed by atoms with Crippen molar-refractivity contribution in [1.29, 1.82) is 0 Å². The highest BCUT2D eigenvalue weighted by molar-refractivity contribution is 5.81. The topological polar surface area (TPSA) is 29.9 Å². The second-order valence-electron chi connectivity index (χ2n) is 4.41. The van der Waals surface area contributed by atoms with Gasteiger partial charge in [-0.25, -0.2) is 9.37 Å². The lowest BCUT2D eigenvalue weighted by atomic mass is 9.99. The molecule has 2 aromatic heterocycles. The van der Waals surface area contributed by atoms with Crippen LogP contribution < -0.4 is 5.32 Å². The Labute approximate surface area is 93.3 Å². The summed E-state index contributed by atoms with van der Waals surface area (Å²) in [7, 11) is 1.96. The maximum Gasteiger partial charge on any atom is 0.142 e. The minimum Gasteiger partial charge on any atom is -0.335 e. The van der Waals surface area contributed by atoms with Crippen LogP contribution in [0.4, 0.5) is 4.39 Å². The zero-order valence-corrected chi connectivity index (χ0v) is 9.20. The molecule has 0 aliphatic carbocycles. The Hall–Kier alpha value is -1.42. The van der Waals surface area contributed by atoms with E-state index in [9.17, 15) is 4.39 Å². The summed E-state index contributed by atoms with van der Waals surface area (Å²) in [6.07, 6.45) is 4.48. The Morgan fingerprint density at radius 3 is 3.19 bits per heavy atom. The molecule has 0 aromatic carbocycles. The van der Waals surface area contributed by atoms with E-state index >= 15 is 0 Å². The first kappa shape index (κ1) is 9.78. The van der Waals surface area contributed by atoms with Gasteiger partial charge in [-0.3, -0.25) is 0 Å². The van der Waals surface area contributed by atoms with E-state index in [0.29, 0.717) is 5.92 Å². The largest absolute Gasteiger partial charge is 0.335 e. The number of fused-ring (bicyclic) bond motifs is 1. The van der Waals surface area contributed by atoms with Gasteiger partial charge in [0.1, 0.15) is 11.5 Å². The fraction of sp³-hybridized carbons (Fsp3) is 0.417. The lowest BCUT2D eigenvalue weighted by molar-refractivity contribution is 0.623. The van der Waals surface area contributed by atoms with Crippen LogP contribution in [0.5, 0.6) is 0 Å². The van der Waals surface area contributed by atoms with Crippen molar-refractivity contribution in [2.24, 2.45) is 7.05 Å². The van der Waals surface area contributed by atoms with Crippen molar-refractivity contribution >= 4 is 11.0 Å². The maximum atomic E-state index is 13.2. The zero-order valence-electron chi connectivity index (χ0n) is 9.20. The smallest absolute Gasteiger partial charge is 0.142 e. The molecule has 0 amide bonds. The monoisotopic (exact) mass is 219 g/mol. The summed E-state index contributed by atoms with van der Waals surface area (Å²) in [6.45, 7) is 2.03. The van der Waals surface area contributed by atoms with Crippen LogP contribution >= 0.6 is 0 Å². The molecule has 84 valence electrons. The van der Waals surface area contributed by atoms with Crippen LogP contribution in [0, 0.1) is 5.82 Å². The standard InChI is InChI=1S/C12H14FN3/c1-16-7-11(8-2-3-14-5-8)10-4-9(13)6-15-12(10)16/h4,6-8,14H,2-3,5H2,1H3.